The number of aliphatic imine (C=N–C) groups is 4. The average molecular weight is 2180 g/mol. The van der Waals surface area contributed by atoms with E-state index in [1.165, 1.54) is 82.8 Å². The Balaban J connectivity index is 0.000000158. The minimum Gasteiger partial charge on any atom is -0.480 e. The predicted octanol–water partition coefficient (Wildman–Crippen LogP) is 15.4. The Bertz CT molecular complexity index is 6540. The van der Waals surface area contributed by atoms with Crippen molar-refractivity contribution in [3.05, 3.63) is 253 Å². The summed E-state index contributed by atoms with van der Waals surface area (Å²) >= 11 is 34.1. The molecule has 746 valence electrons. The number of carbonyl (C=O) groups excluding carboxylic acids is 4. The molecule has 12 heterocycles. The summed E-state index contributed by atoms with van der Waals surface area (Å²) in [5.74, 6) is -21.4. The van der Waals surface area contributed by atoms with Crippen molar-refractivity contribution in [1.29, 1.82) is 5.26 Å². The van der Waals surface area contributed by atoms with E-state index in [0.29, 0.717) is 63.3 Å². The average Bonchev–Trinajstić information content (AvgIpc) is 1.70. The number of nitrogens with one attached hydrogen (secondary N) is 4. The number of carbonyl (C=O) groups is 8. The number of thiophene rings is 1. The summed E-state index contributed by atoms with van der Waals surface area (Å²) in [5, 5.41) is 68.4. The molecule has 141 heavy (non-hydrogen) atoms. The molecular formula is C90H81BrCl4F10N16O16S4. The lowest BCUT2D eigenvalue weighted by atomic mass is 9.94. The third-order valence-electron chi connectivity index (χ3n) is 22.9. The number of hydrogen-bond acceptors (Lipinski definition) is 32. The minimum atomic E-state index is -3.22. The van der Waals surface area contributed by atoms with Gasteiger partial charge in [0.1, 0.15) is 65.8 Å². The summed E-state index contributed by atoms with van der Waals surface area (Å²) in [7, 11) is 4.66. The van der Waals surface area contributed by atoms with Crippen LogP contribution in [0.1, 0.15) is 129 Å². The highest BCUT2D eigenvalue weighted by atomic mass is 79.9. The van der Waals surface area contributed by atoms with Gasteiger partial charge in [-0.2, -0.15) is 5.26 Å². The molecule has 8 atom stereocenters. The van der Waals surface area contributed by atoms with Crippen molar-refractivity contribution in [2.45, 2.75) is 124 Å². The fourth-order valence-corrected chi connectivity index (χ4v) is 21.1. The predicted molar refractivity (Wildman–Crippen MR) is 504 cm³/mol. The number of nitrogens with zero attached hydrogens (tertiary/aromatic N) is 12. The zero-order valence-corrected chi connectivity index (χ0v) is 82.4. The molecule has 8 aliphatic rings. The van der Waals surface area contributed by atoms with E-state index in [1.54, 1.807) is 47.4 Å². The van der Waals surface area contributed by atoms with Gasteiger partial charge in [0.05, 0.1) is 99.1 Å². The molecule has 0 amide bonds. The Kier molecular flexibility index (Phi) is 33.6. The molecule has 4 fully saturated rings. The largest absolute Gasteiger partial charge is 0.480 e. The minimum absolute atomic E-state index is 0.00567. The van der Waals surface area contributed by atoms with E-state index in [-0.39, 0.29) is 109 Å². The van der Waals surface area contributed by atoms with E-state index in [2.05, 4.69) is 72.1 Å². The maximum absolute atomic E-state index is 14.2. The number of esters is 4. The number of ether oxygens (including phenoxy) is 4. The van der Waals surface area contributed by atoms with E-state index in [1.807, 2.05) is 43.7 Å². The molecule has 0 bridgehead atoms. The molecule has 0 unspecified atom stereocenters. The molecule has 8 N–H and O–H groups in total. The molecule has 4 saturated heterocycles. The number of nitriles is 1. The van der Waals surface area contributed by atoms with Crippen molar-refractivity contribution in [2.75, 3.05) is 80.8 Å². The number of thiazole rings is 3. The van der Waals surface area contributed by atoms with Crippen LogP contribution >= 0.6 is 108 Å². The molecule has 8 aliphatic heterocycles. The fourth-order valence-electron chi connectivity index (χ4n) is 16.5. The van der Waals surface area contributed by atoms with Gasteiger partial charge in [0.25, 0.3) is 23.7 Å². The molecule has 4 aromatic heterocycles. The molecule has 0 radical (unpaired) electrons. The van der Waals surface area contributed by atoms with E-state index >= 15 is 0 Å². The number of hydrogen-bond donors (Lipinski definition) is 8. The van der Waals surface area contributed by atoms with Gasteiger partial charge in [-0.3, -0.25) is 58.7 Å². The SMILES string of the molecule is COC(=O)C1=C(CN2CC(F)(F)C[C@H]2C(=O)O)NC(c2cc(C)cs2)=N[C@H]1c1ccc(F)cc1Cl.COC(=O)C1=C(CN2CC(F)(F)C[C@H]2C(=O)O)NC(c2nc(C(C)C)cs2)=N[C@H]1c1ccc(F)cc1Cl.COC(=O)C1=C(CN2CC(F)(F)C[C@H]2C(=O)O)NC(c2nccs2)=N[C@H]1c1ccc(Br)cc1Cl.COC(=O)C1=C(CN2CC(F)(F)C[C@H]2C(=O)O)NC(c2nccs2)=N[C@H]1c1ccc(C#N)cc1Cl. The lowest BCUT2D eigenvalue weighted by Crippen LogP contribution is -2.43. The lowest BCUT2D eigenvalue weighted by molar-refractivity contribution is -0.143. The molecule has 0 aliphatic carbocycles. The summed E-state index contributed by atoms with van der Waals surface area (Å²) in [5.41, 5.74) is 4.06. The summed E-state index contributed by atoms with van der Waals surface area (Å²) < 4.78 is 161. The first kappa shape index (κ1) is 107. The third kappa shape index (κ3) is 25.0. The topological polar surface area (TPSA) is 427 Å². The highest BCUT2D eigenvalue weighted by Crippen LogP contribution is 2.46. The summed E-state index contributed by atoms with van der Waals surface area (Å²) in [6.45, 7) is 1.42. The summed E-state index contributed by atoms with van der Waals surface area (Å²) in [6.07, 6.45) is -0.246. The van der Waals surface area contributed by atoms with Crippen molar-refractivity contribution in [3.63, 3.8) is 0 Å². The number of likely N-dealkylation sites (tertiary alicyclic amines) is 4. The number of aliphatic carboxylic acids is 4. The molecule has 32 nitrogen and oxygen atoms in total. The van der Waals surface area contributed by atoms with Crippen LogP contribution in [0.3, 0.4) is 0 Å². The van der Waals surface area contributed by atoms with Crippen LogP contribution in [-0.4, -0.2) is 255 Å². The van der Waals surface area contributed by atoms with Crippen LogP contribution in [0.2, 0.25) is 20.1 Å². The highest BCUT2D eigenvalue weighted by molar-refractivity contribution is 9.10. The Morgan fingerprint density at radius 1 is 0.461 bits per heavy atom. The first-order valence-corrected chi connectivity index (χ1v) is 47.8. The van der Waals surface area contributed by atoms with E-state index < -0.39 is 183 Å². The number of carboxylic acids is 4. The zero-order valence-electron chi connectivity index (χ0n) is 74.5. The Labute approximate surface area is 839 Å². The van der Waals surface area contributed by atoms with Gasteiger partial charge in [-0.15, -0.1) is 45.3 Å². The van der Waals surface area contributed by atoms with Gasteiger partial charge in [-0.1, -0.05) is 100 Å². The maximum atomic E-state index is 14.2. The second kappa shape index (κ2) is 44.5. The van der Waals surface area contributed by atoms with Crippen LogP contribution in [-0.2, 0) is 57.3 Å². The molecule has 51 heteroatoms. The van der Waals surface area contributed by atoms with Gasteiger partial charge in [-0.05, 0) is 78.4 Å². The molecule has 8 aromatic rings. The number of aryl methyl sites for hydroxylation is 1. The van der Waals surface area contributed by atoms with Crippen molar-refractivity contribution < 1.29 is 122 Å². The number of rotatable bonds is 25. The first-order valence-electron chi connectivity index (χ1n) is 42.0. The molecule has 0 spiro atoms. The first-order chi connectivity index (χ1) is 66.6. The van der Waals surface area contributed by atoms with E-state index in [4.69, 9.17) is 65.4 Å². The van der Waals surface area contributed by atoms with Gasteiger partial charge >= 0.3 is 47.8 Å². The van der Waals surface area contributed by atoms with Crippen molar-refractivity contribution in [1.82, 2.24) is 55.8 Å². The van der Waals surface area contributed by atoms with Crippen molar-refractivity contribution in [3.8, 4) is 6.07 Å². The van der Waals surface area contributed by atoms with Crippen molar-refractivity contribution >= 4 is 179 Å². The van der Waals surface area contributed by atoms with Gasteiger partial charge < -0.3 is 60.6 Å². The molecule has 0 saturated carbocycles. The standard InChI is InChI=1S/C24H24ClF3N4O4S.C23H21ClF3N3O4S.C22H18ClF2N5O4S.C21H18BrClF2N4O4S/c1-11(2)16-9-37-21(30-16)20-29-15(8-32-10-24(27,28)7-17(32)22(33)34)18(23(35)36-3)19(31-20)13-5-4-12(26)6-14(13)25;1-11-5-17(35-9-11)20-28-15(8-30-10-23(26,27)7-16(30)21(31)32)18(22(33)34-2)19(29-20)13-4-3-12(25)6-14(13)24;1-34-21(33)16-14(9-30-10-22(24,25)7-15(30)20(31)32)28-18(19-27-4-5-35-19)29-17(16)12-3-2-11(8-26)6-13(12)23;1-33-20(32)15-13(8-29-9-21(24,25)7-14(29)19(30)31)27-17(18-26-4-5-34-18)28-16(15)11-3-2-10(22)6-12(11)23/h4-6,9,11,17,19H,7-8,10H2,1-3H3,(H,29,31)(H,33,34);3-6,9,16,19H,7-8,10H2,1-2H3,(H,28,29)(H,31,32);2-6,15,17H,7,9-10H2,1H3,(H,28,29)(H,31,32);2-6,14,16H,7-9H2,1H3,(H,27,28)(H,30,31)/t17-,19-;16-,19-;15-,17-;14-,16-/m0000/s1. The zero-order chi connectivity index (χ0) is 103. The molecule has 4 aromatic carbocycles. The molecular weight excluding hydrogens is 2100 g/mol. The lowest BCUT2D eigenvalue weighted by Gasteiger charge is -2.30. The smallest absolute Gasteiger partial charge is 0.338 e. The normalized spacial score (nSPS) is 21.9. The number of carboxylic acid groups (broad SMARTS) is 4. The summed E-state index contributed by atoms with van der Waals surface area (Å²) in [4.78, 5) is 135. The van der Waals surface area contributed by atoms with Crippen LogP contribution in [0.25, 0.3) is 0 Å². The van der Waals surface area contributed by atoms with Gasteiger partial charge in [0, 0.05) is 150 Å². The van der Waals surface area contributed by atoms with Gasteiger partial charge in [0.15, 0.2) is 32.5 Å². The molecule has 16 rings (SSSR count). The Morgan fingerprint density at radius 3 is 1.06 bits per heavy atom. The second-order valence-electron chi connectivity index (χ2n) is 33.1. The Hall–Kier alpha value is -11.7. The number of benzene rings is 4. The number of methoxy groups -OCH3 is 4. The third-order valence-corrected chi connectivity index (χ3v) is 28.2. The fraction of sp³-hybridized carbons (Fsp3) is 0.356. The van der Waals surface area contributed by atoms with Crippen LogP contribution in [0, 0.1) is 29.9 Å². The highest BCUT2D eigenvalue weighted by Gasteiger charge is 2.54. The van der Waals surface area contributed by atoms with Crippen LogP contribution in [0.15, 0.2) is 182 Å². The number of amidine groups is 4. The van der Waals surface area contributed by atoms with Crippen LogP contribution in [0.4, 0.5) is 43.9 Å². The number of aromatic nitrogens is 3. The van der Waals surface area contributed by atoms with Crippen LogP contribution in [0.5, 0.6) is 0 Å². The maximum Gasteiger partial charge on any atom is 0.338 e. The number of halogens is 15. The van der Waals surface area contributed by atoms with E-state index in [0.717, 1.165) is 70.4 Å². The number of alkyl halides is 8. The second-order valence-corrected chi connectivity index (χ2v) is 39.2. The van der Waals surface area contributed by atoms with Gasteiger partial charge in [0.2, 0.25) is 0 Å². The Morgan fingerprint density at radius 2 is 0.780 bits per heavy atom. The monoisotopic (exact) mass is 2180 g/mol. The quantitative estimate of drug-likeness (QED) is 0.0150. The van der Waals surface area contributed by atoms with E-state index in [9.17, 15) is 108 Å². The van der Waals surface area contributed by atoms with Gasteiger partial charge in [-0.25, -0.2) is 78.0 Å². The van der Waals surface area contributed by atoms with Crippen LogP contribution < -0.4 is 21.3 Å². The van der Waals surface area contributed by atoms with Crippen molar-refractivity contribution in [2.24, 2.45) is 20.0 Å². The summed E-state index contributed by atoms with van der Waals surface area (Å²) in [6, 6.07) is 10.8.